The van der Waals surface area contributed by atoms with Gasteiger partial charge in [-0.25, -0.2) is 0 Å². The van der Waals surface area contributed by atoms with Gasteiger partial charge in [0.25, 0.3) is 0 Å². The second-order valence-electron chi connectivity index (χ2n) is 4.89. The number of hydrogen-bond acceptors (Lipinski definition) is 1. The van der Waals surface area contributed by atoms with Gasteiger partial charge in [0.1, 0.15) is 0 Å². The first kappa shape index (κ1) is 15.4. The van der Waals surface area contributed by atoms with Gasteiger partial charge in [-0.05, 0) is 42.6 Å². The minimum absolute atomic E-state index is 0.0241. The van der Waals surface area contributed by atoms with Crippen molar-refractivity contribution in [2.45, 2.75) is 26.3 Å². The van der Waals surface area contributed by atoms with Crippen LogP contribution < -0.4 is 5.32 Å². The molecule has 1 N–H and O–H groups in total. The quantitative estimate of drug-likeness (QED) is 0.780. The van der Waals surface area contributed by atoms with Crippen LogP contribution in [0.5, 0.6) is 0 Å². The lowest BCUT2D eigenvalue weighted by atomic mass is 9.97. The van der Waals surface area contributed by atoms with E-state index in [0.29, 0.717) is 0 Å². The maximum absolute atomic E-state index is 6.49. The summed E-state index contributed by atoms with van der Waals surface area (Å²) < 4.78 is 0. The van der Waals surface area contributed by atoms with Gasteiger partial charge in [0.05, 0.1) is 6.04 Å². The molecule has 0 saturated heterocycles. The van der Waals surface area contributed by atoms with E-state index in [1.54, 1.807) is 0 Å². The Labute approximate surface area is 130 Å². The van der Waals surface area contributed by atoms with Gasteiger partial charge in [-0.15, -0.1) is 0 Å². The van der Waals surface area contributed by atoms with Crippen LogP contribution in [0, 0.1) is 6.92 Å². The zero-order valence-electron chi connectivity index (χ0n) is 11.8. The molecule has 0 heterocycles. The average Bonchev–Trinajstić information content (AvgIpc) is 2.45. The number of nitrogens with one attached hydrogen (secondary N) is 1. The number of aryl methyl sites for hydroxylation is 1. The molecule has 0 saturated carbocycles. The Morgan fingerprint density at radius 3 is 2.40 bits per heavy atom. The molecule has 0 fully saturated rings. The maximum atomic E-state index is 6.49. The fourth-order valence-corrected chi connectivity index (χ4v) is 2.76. The molecule has 0 aliphatic heterocycles. The van der Waals surface area contributed by atoms with E-state index in [1.165, 1.54) is 0 Å². The van der Waals surface area contributed by atoms with Gasteiger partial charge in [-0.2, -0.15) is 0 Å². The Balaban J connectivity index is 2.47. The summed E-state index contributed by atoms with van der Waals surface area (Å²) in [5, 5.41) is 5.11. The van der Waals surface area contributed by atoms with Gasteiger partial charge in [0, 0.05) is 10.0 Å². The van der Waals surface area contributed by atoms with Gasteiger partial charge in [-0.3, -0.25) is 0 Å². The van der Waals surface area contributed by atoms with Crippen molar-refractivity contribution in [1.29, 1.82) is 0 Å². The van der Waals surface area contributed by atoms with Crippen LogP contribution >= 0.6 is 23.2 Å². The van der Waals surface area contributed by atoms with E-state index in [4.69, 9.17) is 23.2 Å². The van der Waals surface area contributed by atoms with E-state index in [-0.39, 0.29) is 6.04 Å². The summed E-state index contributed by atoms with van der Waals surface area (Å²) in [6.07, 6.45) is 1.06. The van der Waals surface area contributed by atoms with Crippen LogP contribution in [0.25, 0.3) is 0 Å². The van der Waals surface area contributed by atoms with Crippen molar-refractivity contribution in [3.05, 3.63) is 69.2 Å². The first-order valence-corrected chi connectivity index (χ1v) is 7.63. The van der Waals surface area contributed by atoms with Crippen molar-refractivity contribution in [1.82, 2.24) is 5.32 Å². The predicted octanol–water partition coefficient (Wildman–Crippen LogP) is 5.39. The fourth-order valence-electron chi connectivity index (χ4n) is 2.28. The molecule has 1 unspecified atom stereocenters. The summed E-state index contributed by atoms with van der Waals surface area (Å²) in [5.41, 5.74) is 3.22. The highest BCUT2D eigenvalue weighted by Gasteiger charge is 2.19. The monoisotopic (exact) mass is 307 g/mol. The molecule has 0 spiro atoms. The first-order chi connectivity index (χ1) is 9.65. The van der Waals surface area contributed by atoms with Crippen molar-refractivity contribution < 1.29 is 0 Å². The molecule has 0 bridgehead atoms. The van der Waals surface area contributed by atoms with Gasteiger partial charge >= 0.3 is 0 Å². The smallest absolute Gasteiger partial charge is 0.0606 e. The van der Waals surface area contributed by atoms with E-state index in [2.05, 4.69) is 18.3 Å². The van der Waals surface area contributed by atoms with E-state index < -0.39 is 0 Å². The zero-order valence-corrected chi connectivity index (χ0v) is 13.3. The highest BCUT2D eigenvalue weighted by molar-refractivity contribution is 6.32. The molecule has 1 atom stereocenters. The highest BCUT2D eigenvalue weighted by atomic mass is 35.5. The number of benzene rings is 2. The standard InChI is InChI=1S/C17H19Cl2N/c1-3-11-20-17(13-8-4-5-10-15(13)18)14-9-6-7-12(2)16(14)19/h4-10,17,20H,3,11H2,1-2H3. The van der Waals surface area contributed by atoms with Gasteiger partial charge in [0.2, 0.25) is 0 Å². The van der Waals surface area contributed by atoms with Crippen LogP contribution in [0.15, 0.2) is 42.5 Å². The maximum Gasteiger partial charge on any atom is 0.0606 e. The molecule has 0 aromatic heterocycles. The van der Waals surface area contributed by atoms with Crippen molar-refractivity contribution in [3.63, 3.8) is 0 Å². The zero-order chi connectivity index (χ0) is 14.5. The minimum Gasteiger partial charge on any atom is -0.306 e. The summed E-state index contributed by atoms with van der Waals surface area (Å²) in [5.74, 6) is 0. The van der Waals surface area contributed by atoms with Crippen molar-refractivity contribution >= 4 is 23.2 Å². The summed E-state index contributed by atoms with van der Waals surface area (Å²) in [6, 6.07) is 14.1. The Kier molecular flexibility index (Phi) is 5.47. The van der Waals surface area contributed by atoms with E-state index in [1.807, 2.05) is 43.3 Å². The fraction of sp³-hybridized carbons (Fsp3) is 0.294. The van der Waals surface area contributed by atoms with Crippen LogP contribution in [0.3, 0.4) is 0 Å². The minimum atomic E-state index is 0.0241. The summed E-state index contributed by atoms with van der Waals surface area (Å²) in [4.78, 5) is 0. The van der Waals surface area contributed by atoms with Crippen LogP contribution in [-0.4, -0.2) is 6.54 Å². The van der Waals surface area contributed by atoms with Crippen molar-refractivity contribution in [2.75, 3.05) is 6.54 Å². The molecule has 106 valence electrons. The molecular formula is C17H19Cl2N. The number of halogens is 2. The van der Waals surface area contributed by atoms with Gasteiger partial charge in [0.15, 0.2) is 0 Å². The average molecular weight is 308 g/mol. The van der Waals surface area contributed by atoms with Gasteiger partial charge < -0.3 is 5.32 Å². The van der Waals surface area contributed by atoms with E-state index in [9.17, 15) is 0 Å². The topological polar surface area (TPSA) is 12.0 Å². The van der Waals surface area contributed by atoms with Crippen LogP contribution in [-0.2, 0) is 0 Å². The molecule has 0 aliphatic rings. The molecule has 20 heavy (non-hydrogen) atoms. The molecule has 2 aromatic rings. The van der Waals surface area contributed by atoms with Crippen LogP contribution in [0.2, 0.25) is 10.0 Å². The number of hydrogen-bond donors (Lipinski definition) is 1. The Morgan fingerprint density at radius 2 is 1.70 bits per heavy atom. The van der Waals surface area contributed by atoms with E-state index >= 15 is 0 Å². The third kappa shape index (κ3) is 3.35. The largest absolute Gasteiger partial charge is 0.306 e. The molecular weight excluding hydrogens is 289 g/mol. The third-order valence-corrected chi connectivity index (χ3v) is 4.21. The predicted molar refractivity (Wildman–Crippen MR) is 87.8 cm³/mol. The van der Waals surface area contributed by atoms with Gasteiger partial charge in [-0.1, -0.05) is 66.5 Å². The molecule has 1 nitrogen and oxygen atoms in total. The highest BCUT2D eigenvalue weighted by Crippen LogP contribution is 2.33. The van der Waals surface area contributed by atoms with Crippen LogP contribution in [0.1, 0.15) is 36.1 Å². The lowest BCUT2D eigenvalue weighted by Crippen LogP contribution is -2.24. The van der Waals surface area contributed by atoms with E-state index in [0.717, 1.165) is 39.7 Å². The normalized spacial score (nSPS) is 12.4. The summed E-state index contributed by atoms with van der Waals surface area (Å²) >= 11 is 12.8. The molecule has 0 radical (unpaired) electrons. The second kappa shape index (κ2) is 7.12. The third-order valence-electron chi connectivity index (χ3n) is 3.35. The number of rotatable bonds is 5. The first-order valence-electron chi connectivity index (χ1n) is 6.88. The van der Waals surface area contributed by atoms with Crippen molar-refractivity contribution in [3.8, 4) is 0 Å². The second-order valence-corrected chi connectivity index (χ2v) is 5.67. The molecule has 0 amide bonds. The van der Waals surface area contributed by atoms with Crippen LogP contribution in [0.4, 0.5) is 0 Å². The Bertz CT molecular complexity index is 581. The molecule has 2 aromatic carbocycles. The molecule has 0 aliphatic carbocycles. The van der Waals surface area contributed by atoms with Crippen molar-refractivity contribution in [2.24, 2.45) is 0 Å². The summed E-state index contributed by atoms with van der Waals surface area (Å²) in [6.45, 7) is 5.09. The molecule has 2 rings (SSSR count). The lowest BCUT2D eigenvalue weighted by Gasteiger charge is -2.22. The lowest BCUT2D eigenvalue weighted by molar-refractivity contribution is 0.598. The molecule has 3 heteroatoms. The summed E-state index contributed by atoms with van der Waals surface area (Å²) in [7, 11) is 0. The Morgan fingerprint density at radius 1 is 1.00 bits per heavy atom. The SMILES string of the molecule is CCCNC(c1ccccc1Cl)c1cccc(C)c1Cl. The Hall–Kier alpha value is -1.02.